The average molecular weight is 343 g/mol. The molecule has 1 aromatic carbocycles. The summed E-state index contributed by atoms with van der Waals surface area (Å²) in [6, 6.07) is 10.1. The first-order valence-electron chi connectivity index (χ1n) is 9.20. The van der Waals surface area contributed by atoms with Crippen LogP contribution in [-0.2, 0) is 13.0 Å². The van der Waals surface area contributed by atoms with Crippen molar-refractivity contribution in [2.75, 3.05) is 19.6 Å². The predicted octanol–water partition coefficient (Wildman–Crippen LogP) is 4.06. The number of amides is 1. The van der Waals surface area contributed by atoms with E-state index in [1.54, 1.807) is 0 Å². The van der Waals surface area contributed by atoms with Gasteiger partial charge in [-0.1, -0.05) is 26.0 Å². The third-order valence-corrected chi connectivity index (χ3v) is 4.24. The van der Waals surface area contributed by atoms with E-state index in [0.717, 1.165) is 41.5 Å². The van der Waals surface area contributed by atoms with Gasteiger partial charge in [-0.15, -0.1) is 0 Å². The summed E-state index contributed by atoms with van der Waals surface area (Å²) in [6.07, 6.45) is 3.51. The summed E-state index contributed by atoms with van der Waals surface area (Å²) in [7, 11) is 0. The van der Waals surface area contributed by atoms with Crippen LogP contribution in [0.2, 0.25) is 0 Å². The van der Waals surface area contributed by atoms with Crippen LogP contribution in [-0.4, -0.2) is 40.7 Å². The summed E-state index contributed by atoms with van der Waals surface area (Å²) in [5.74, 6) is 0. The Morgan fingerprint density at radius 2 is 1.88 bits per heavy atom. The highest BCUT2D eigenvalue weighted by Gasteiger charge is 2.05. The molecule has 0 aliphatic rings. The van der Waals surface area contributed by atoms with Crippen LogP contribution in [0, 0.1) is 0 Å². The molecule has 0 spiro atoms. The maximum Gasteiger partial charge on any atom is 0.404 e. The normalized spacial score (nSPS) is 11.2. The molecule has 2 rings (SSSR count). The summed E-state index contributed by atoms with van der Waals surface area (Å²) < 4.78 is 0. The number of rotatable bonds is 10. The van der Waals surface area contributed by atoms with Crippen LogP contribution in [0.5, 0.6) is 0 Å². The molecule has 0 bridgehead atoms. The smallest absolute Gasteiger partial charge is 0.404 e. The predicted molar refractivity (Wildman–Crippen MR) is 102 cm³/mol. The van der Waals surface area contributed by atoms with Crippen LogP contribution >= 0.6 is 0 Å². The van der Waals surface area contributed by atoms with E-state index in [4.69, 9.17) is 10.1 Å². The SMILES string of the molecule is CCCN(CCC)CCCc1ccc2cc(CNC(=O)O)ccc2n1. The number of hydrogen-bond donors (Lipinski definition) is 2. The van der Waals surface area contributed by atoms with Crippen LogP contribution in [0.3, 0.4) is 0 Å². The number of nitrogens with zero attached hydrogens (tertiary/aromatic N) is 2. The fourth-order valence-electron chi connectivity index (χ4n) is 3.10. The lowest BCUT2D eigenvalue weighted by Crippen LogP contribution is -2.26. The number of benzene rings is 1. The Labute approximate surface area is 150 Å². The molecule has 0 saturated heterocycles. The molecule has 0 saturated carbocycles. The van der Waals surface area contributed by atoms with Gasteiger partial charge in [0.1, 0.15) is 0 Å². The minimum absolute atomic E-state index is 0.317. The van der Waals surface area contributed by atoms with Gasteiger partial charge in [0.2, 0.25) is 0 Å². The topological polar surface area (TPSA) is 65.5 Å². The minimum Gasteiger partial charge on any atom is -0.465 e. The van der Waals surface area contributed by atoms with E-state index in [1.807, 2.05) is 18.2 Å². The summed E-state index contributed by atoms with van der Waals surface area (Å²) in [6.45, 7) is 8.25. The zero-order valence-electron chi connectivity index (χ0n) is 15.3. The second-order valence-electron chi connectivity index (χ2n) is 6.43. The van der Waals surface area contributed by atoms with Crippen LogP contribution in [0.4, 0.5) is 4.79 Å². The van der Waals surface area contributed by atoms with Gasteiger partial charge in [-0.25, -0.2) is 4.79 Å². The summed E-state index contributed by atoms with van der Waals surface area (Å²) >= 11 is 0. The molecule has 2 N–H and O–H groups in total. The van der Waals surface area contributed by atoms with E-state index >= 15 is 0 Å². The van der Waals surface area contributed by atoms with E-state index in [0.29, 0.717) is 6.54 Å². The fraction of sp³-hybridized carbons (Fsp3) is 0.500. The third kappa shape index (κ3) is 6.35. The van der Waals surface area contributed by atoms with Crippen molar-refractivity contribution in [2.45, 2.75) is 46.1 Å². The Bertz CT molecular complexity index is 682. The highest BCUT2D eigenvalue weighted by molar-refractivity contribution is 5.79. The molecule has 1 amide bonds. The van der Waals surface area contributed by atoms with Crippen molar-refractivity contribution in [1.29, 1.82) is 0 Å². The Balaban J connectivity index is 1.94. The van der Waals surface area contributed by atoms with E-state index in [1.165, 1.54) is 25.9 Å². The second-order valence-corrected chi connectivity index (χ2v) is 6.43. The van der Waals surface area contributed by atoms with Crippen molar-refractivity contribution in [3.05, 3.63) is 41.6 Å². The molecule has 0 fully saturated rings. The quantitative estimate of drug-likeness (QED) is 0.683. The van der Waals surface area contributed by atoms with Gasteiger partial charge in [-0.2, -0.15) is 0 Å². The first kappa shape index (κ1) is 19.2. The monoisotopic (exact) mass is 343 g/mol. The Kier molecular flexibility index (Phi) is 7.67. The molecule has 136 valence electrons. The van der Waals surface area contributed by atoms with Crippen LogP contribution < -0.4 is 5.32 Å². The van der Waals surface area contributed by atoms with Gasteiger partial charge >= 0.3 is 6.09 Å². The van der Waals surface area contributed by atoms with Gasteiger partial charge in [-0.3, -0.25) is 4.98 Å². The largest absolute Gasteiger partial charge is 0.465 e. The molecule has 0 aliphatic carbocycles. The van der Waals surface area contributed by atoms with Crippen molar-refractivity contribution >= 4 is 17.0 Å². The minimum atomic E-state index is -1.01. The van der Waals surface area contributed by atoms with Crippen LogP contribution in [0.25, 0.3) is 10.9 Å². The number of hydrogen-bond acceptors (Lipinski definition) is 3. The van der Waals surface area contributed by atoms with Gasteiger partial charge in [0, 0.05) is 17.6 Å². The van der Waals surface area contributed by atoms with Crippen molar-refractivity contribution in [3.63, 3.8) is 0 Å². The number of carbonyl (C=O) groups is 1. The molecule has 0 atom stereocenters. The summed E-state index contributed by atoms with van der Waals surface area (Å²) in [5.41, 5.74) is 3.03. The standard InChI is InChI=1S/C20H29N3O2/c1-3-11-23(12-4-2)13-5-6-18-9-8-17-14-16(15-21-20(24)25)7-10-19(17)22-18/h7-10,14,21H,3-6,11-13,15H2,1-2H3,(H,24,25). The van der Waals surface area contributed by atoms with E-state index in [9.17, 15) is 4.79 Å². The Morgan fingerprint density at radius 3 is 2.56 bits per heavy atom. The summed E-state index contributed by atoms with van der Waals surface area (Å²) in [5, 5.41) is 12.1. The van der Waals surface area contributed by atoms with Gasteiger partial charge in [-0.05, 0) is 69.1 Å². The third-order valence-electron chi connectivity index (χ3n) is 4.24. The molecule has 25 heavy (non-hydrogen) atoms. The van der Waals surface area contributed by atoms with E-state index in [-0.39, 0.29) is 0 Å². The summed E-state index contributed by atoms with van der Waals surface area (Å²) in [4.78, 5) is 17.9. The molecule has 1 heterocycles. The number of aryl methyl sites for hydroxylation is 1. The van der Waals surface area contributed by atoms with Gasteiger partial charge < -0.3 is 15.3 Å². The fourth-order valence-corrected chi connectivity index (χ4v) is 3.10. The molecular formula is C20H29N3O2. The lowest BCUT2D eigenvalue weighted by molar-refractivity contribution is 0.194. The number of pyridine rings is 1. The molecule has 5 heteroatoms. The lowest BCUT2D eigenvalue weighted by Gasteiger charge is -2.20. The molecule has 1 aromatic heterocycles. The number of carboxylic acid groups (broad SMARTS) is 1. The Morgan fingerprint density at radius 1 is 1.12 bits per heavy atom. The first-order valence-corrected chi connectivity index (χ1v) is 9.20. The van der Waals surface area contributed by atoms with Crippen molar-refractivity contribution in [1.82, 2.24) is 15.2 Å². The van der Waals surface area contributed by atoms with Gasteiger partial charge in [0.15, 0.2) is 0 Å². The van der Waals surface area contributed by atoms with E-state index in [2.05, 4.69) is 36.2 Å². The maximum absolute atomic E-state index is 10.6. The van der Waals surface area contributed by atoms with Crippen LogP contribution in [0.15, 0.2) is 30.3 Å². The van der Waals surface area contributed by atoms with E-state index < -0.39 is 6.09 Å². The Hall–Kier alpha value is -2.14. The van der Waals surface area contributed by atoms with Crippen molar-refractivity contribution in [3.8, 4) is 0 Å². The average Bonchev–Trinajstić information content (AvgIpc) is 2.60. The molecular weight excluding hydrogens is 314 g/mol. The molecule has 2 aromatic rings. The zero-order chi connectivity index (χ0) is 18.1. The highest BCUT2D eigenvalue weighted by Crippen LogP contribution is 2.16. The van der Waals surface area contributed by atoms with Gasteiger partial charge in [0.05, 0.1) is 5.52 Å². The highest BCUT2D eigenvalue weighted by atomic mass is 16.4. The lowest BCUT2D eigenvalue weighted by atomic mass is 10.1. The number of aromatic nitrogens is 1. The number of fused-ring (bicyclic) bond motifs is 1. The molecule has 5 nitrogen and oxygen atoms in total. The number of nitrogens with one attached hydrogen (secondary N) is 1. The second kappa shape index (κ2) is 9.99. The van der Waals surface area contributed by atoms with Gasteiger partial charge in [0.25, 0.3) is 0 Å². The molecule has 0 aliphatic heterocycles. The maximum atomic E-state index is 10.6. The van der Waals surface area contributed by atoms with Crippen LogP contribution in [0.1, 0.15) is 44.4 Å². The van der Waals surface area contributed by atoms with Crippen molar-refractivity contribution in [2.24, 2.45) is 0 Å². The zero-order valence-corrected chi connectivity index (χ0v) is 15.3. The molecule has 0 radical (unpaired) electrons. The van der Waals surface area contributed by atoms with Crippen molar-refractivity contribution < 1.29 is 9.90 Å². The molecule has 0 unspecified atom stereocenters. The first-order chi connectivity index (χ1) is 12.1.